The number of nitro benzene ring substituents is 1. The van der Waals surface area contributed by atoms with Crippen LogP contribution in [0, 0.1) is 10.1 Å². The SMILES string of the molecule is O=[N+]([O-])c1ccccc1N1CC(N2CCNCC2)C1. The second-order valence-corrected chi connectivity index (χ2v) is 5.09. The van der Waals surface area contributed by atoms with Gasteiger partial charge >= 0.3 is 0 Å². The van der Waals surface area contributed by atoms with E-state index in [1.807, 2.05) is 12.1 Å². The van der Waals surface area contributed by atoms with Crippen LogP contribution in [-0.2, 0) is 0 Å². The molecule has 2 aliphatic heterocycles. The molecule has 19 heavy (non-hydrogen) atoms. The van der Waals surface area contributed by atoms with Crippen LogP contribution in [0.3, 0.4) is 0 Å². The standard InChI is InChI=1S/C13H18N4O2/c18-17(19)13-4-2-1-3-12(13)16-9-11(10-16)15-7-5-14-6-8-15/h1-4,11,14H,5-10H2. The lowest BCUT2D eigenvalue weighted by Crippen LogP contribution is -2.63. The summed E-state index contributed by atoms with van der Waals surface area (Å²) in [6.45, 7) is 6.03. The van der Waals surface area contributed by atoms with Gasteiger partial charge < -0.3 is 10.2 Å². The van der Waals surface area contributed by atoms with Crippen LogP contribution in [0.2, 0.25) is 0 Å². The number of para-hydroxylation sites is 2. The van der Waals surface area contributed by atoms with Gasteiger partial charge in [0.1, 0.15) is 5.69 Å². The minimum Gasteiger partial charge on any atom is -0.363 e. The minimum absolute atomic E-state index is 0.210. The predicted molar refractivity (Wildman–Crippen MR) is 73.5 cm³/mol. The fraction of sp³-hybridized carbons (Fsp3) is 0.538. The first kappa shape index (κ1) is 12.4. The van der Waals surface area contributed by atoms with Gasteiger partial charge in [-0.2, -0.15) is 0 Å². The highest BCUT2D eigenvalue weighted by molar-refractivity contribution is 5.64. The second kappa shape index (κ2) is 5.14. The fourth-order valence-corrected chi connectivity index (χ4v) is 2.82. The lowest BCUT2D eigenvalue weighted by Gasteiger charge is -2.47. The molecule has 2 fully saturated rings. The van der Waals surface area contributed by atoms with Gasteiger partial charge in [0.25, 0.3) is 5.69 Å². The number of anilines is 1. The van der Waals surface area contributed by atoms with Crippen LogP contribution in [0.15, 0.2) is 24.3 Å². The first-order valence-corrected chi connectivity index (χ1v) is 6.69. The molecule has 0 unspecified atom stereocenters. The van der Waals surface area contributed by atoms with Crippen LogP contribution in [0.4, 0.5) is 11.4 Å². The maximum atomic E-state index is 11.0. The van der Waals surface area contributed by atoms with Crippen LogP contribution in [-0.4, -0.2) is 55.1 Å². The maximum absolute atomic E-state index is 11.0. The van der Waals surface area contributed by atoms with Crippen molar-refractivity contribution in [2.75, 3.05) is 44.2 Å². The Kier molecular flexibility index (Phi) is 3.35. The second-order valence-electron chi connectivity index (χ2n) is 5.09. The monoisotopic (exact) mass is 262 g/mol. The van der Waals surface area contributed by atoms with Gasteiger partial charge in [-0.1, -0.05) is 12.1 Å². The van der Waals surface area contributed by atoms with Crippen molar-refractivity contribution in [2.24, 2.45) is 0 Å². The van der Waals surface area contributed by atoms with E-state index in [4.69, 9.17) is 0 Å². The summed E-state index contributed by atoms with van der Waals surface area (Å²) in [5.74, 6) is 0. The maximum Gasteiger partial charge on any atom is 0.292 e. The Labute approximate surface area is 112 Å². The molecule has 3 rings (SSSR count). The summed E-state index contributed by atoms with van der Waals surface area (Å²) in [5, 5.41) is 14.3. The molecule has 6 heteroatoms. The molecule has 0 spiro atoms. The molecule has 1 aromatic carbocycles. The molecule has 2 aliphatic rings. The van der Waals surface area contributed by atoms with Crippen LogP contribution >= 0.6 is 0 Å². The normalized spacial score (nSPS) is 21.2. The summed E-state index contributed by atoms with van der Waals surface area (Å²) in [7, 11) is 0. The topological polar surface area (TPSA) is 61.7 Å². The molecule has 0 bridgehead atoms. The van der Waals surface area contributed by atoms with Crippen molar-refractivity contribution in [2.45, 2.75) is 6.04 Å². The van der Waals surface area contributed by atoms with Gasteiger partial charge in [0.15, 0.2) is 0 Å². The number of piperazine rings is 1. The lowest BCUT2D eigenvalue weighted by atomic mass is 10.0. The number of hydrogen-bond acceptors (Lipinski definition) is 5. The van der Waals surface area contributed by atoms with Crippen LogP contribution in [0.25, 0.3) is 0 Å². The molecule has 1 aromatic rings. The summed E-state index contributed by atoms with van der Waals surface area (Å²) >= 11 is 0. The first-order valence-electron chi connectivity index (χ1n) is 6.69. The average Bonchev–Trinajstić information content (AvgIpc) is 2.39. The highest BCUT2D eigenvalue weighted by Gasteiger charge is 2.34. The van der Waals surface area contributed by atoms with Crippen LogP contribution in [0.1, 0.15) is 0 Å². The fourth-order valence-electron chi connectivity index (χ4n) is 2.82. The zero-order valence-electron chi connectivity index (χ0n) is 10.8. The number of benzene rings is 1. The molecule has 0 aliphatic carbocycles. The highest BCUT2D eigenvalue weighted by Crippen LogP contribution is 2.32. The molecule has 0 radical (unpaired) electrons. The quantitative estimate of drug-likeness (QED) is 0.641. The molecule has 102 valence electrons. The number of nitrogens with one attached hydrogen (secondary N) is 1. The van der Waals surface area contributed by atoms with E-state index in [1.54, 1.807) is 12.1 Å². The molecule has 1 N–H and O–H groups in total. The van der Waals surface area contributed by atoms with Gasteiger partial charge in [-0.25, -0.2) is 0 Å². The van der Waals surface area contributed by atoms with Crippen molar-refractivity contribution in [1.82, 2.24) is 10.2 Å². The summed E-state index contributed by atoms with van der Waals surface area (Å²) < 4.78 is 0. The van der Waals surface area contributed by atoms with Gasteiger partial charge in [0, 0.05) is 51.4 Å². The van der Waals surface area contributed by atoms with E-state index in [0.717, 1.165) is 45.0 Å². The van der Waals surface area contributed by atoms with E-state index in [2.05, 4.69) is 15.1 Å². The lowest BCUT2D eigenvalue weighted by molar-refractivity contribution is -0.384. The van der Waals surface area contributed by atoms with Crippen molar-refractivity contribution < 1.29 is 4.92 Å². The summed E-state index contributed by atoms with van der Waals surface area (Å²) in [5.41, 5.74) is 0.958. The third-order valence-electron chi connectivity index (χ3n) is 3.95. The van der Waals surface area contributed by atoms with Gasteiger partial charge in [-0.05, 0) is 6.07 Å². The molecule has 0 aromatic heterocycles. The number of nitrogens with zero attached hydrogens (tertiary/aromatic N) is 3. The van der Waals surface area contributed by atoms with Gasteiger partial charge in [-0.3, -0.25) is 15.0 Å². The van der Waals surface area contributed by atoms with Gasteiger partial charge in [0.2, 0.25) is 0 Å². The van der Waals surface area contributed by atoms with Crippen molar-refractivity contribution in [1.29, 1.82) is 0 Å². The minimum atomic E-state index is -0.298. The number of hydrogen-bond donors (Lipinski definition) is 1. The summed E-state index contributed by atoms with van der Waals surface area (Å²) in [6.07, 6.45) is 0. The molecule has 0 saturated carbocycles. The molecule has 6 nitrogen and oxygen atoms in total. The van der Waals surface area contributed by atoms with Crippen molar-refractivity contribution in [3.8, 4) is 0 Å². The Morgan fingerprint density at radius 3 is 2.58 bits per heavy atom. The Morgan fingerprint density at radius 1 is 1.21 bits per heavy atom. The number of rotatable bonds is 3. The van der Waals surface area contributed by atoms with Crippen molar-refractivity contribution in [3.63, 3.8) is 0 Å². The van der Waals surface area contributed by atoms with E-state index in [-0.39, 0.29) is 10.6 Å². The van der Waals surface area contributed by atoms with E-state index in [9.17, 15) is 10.1 Å². The Balaban J connectivity index is 1.65. The first-order chi connectivity index (χ1) is 9.25. The molecule has 2 heterocycles. The zero-order chi connectivity index (χ0) is 13.2. The Hall–Kier alpha value is -1.66. The van der Waals surface area contributed by atoms with Gasteiger partial charge in [-0.15, -0.1) is 0 Å². The smallest absolute Gasteiger partial charge is 0.292 e. The van der Waals surface area contributed by atoms with Crippen molar-refractivity contribution in [3.05, 3.63) is 34.4 Å². The Morgan fingerprint density at radius 2 is 1.89 bits per heavy atom. The predicted octanol–water partition coefficient (Wildman–Crippen LogP) is 0.689. The Bertz CT molecular complexity index is 467. The van der Waals surface area contributed by atoms with Crippen molar-refractivity contribution >= 4 is 11.4 Å². The van der Waals surface area contributed by atoms with Crippen LogP contribution < -0.4 is 10.2 Å². The van der Waals surface area contributed by atoms with Crippen LogP contribution in [0.5, 0.6) is 0 Å². The summed E-state index contributed by atoms with van der Waals surface area (Å²) in [6, 6.07) is 7.54. The van der Waals surface area contributed by atoms with Gasteiger partial charge in [0.05, 0.1) is 4.92 Å². The third-order valence-corrected chi connectivity index (χ3v) is 3.95. The zero-order valence-corrected chi connectivity index (χ0v) is 10.8. The highest BCUT2D eigenvalue weighted by atomic mass is 16.6. The largest absolute Gasteiger partial charge is 0.363 e. The van der Waals surface area contributed by atoms with E-state index >= 15 is 0 Å². The van der Waals surface area contributed by atoms with E-state index < -0.39 is 0 Å². The van der Waals surface area contributed by atoms with E-state index in [1.165, 1.54) is 0 Å². The molecule has 0 atom stereocenters. The van der Waals surface area contributed by atoms with E-state index in [0.29, 0.717) is 6.04 Å². The molecule has 0 amide bonds. The summed E-state index contributed by atoms with van der Waals surface area (Å²) in [4.78, 5) is 15.3. The molecular formula is C13H18N4O2. The molecule has 2 saturated heterocycles. The average molecular weight is 262 g/mol. The third kappa shape index (κ3) is 2.41. The number of nitro groups is 1. The molecular weight excluding hydrogens is 244 g/mol.